The molecule has 1 heterocycles. The first-order chi connectivity index (χ1) is 3.17. The average molecular weight is 101 g/mol. The summed E-state index contributed by atoms with van der Waals surface area (Å²) < 4.78 is 0. The van der Waals surface area contributed by atoms with Gasteiger partial charge in [-0.3, -0.25) is 4.90 Å². The van der Waals surface area contributed by atoms with Crippen LogP contribution in [-0.2, 0) is 0 Å². The summed E-state index contributed by atoms with van der Waals surface area (Å²) in [6, 6.07) is 0. The largest absolute Gasteiger partial charge is 0.375 e. The molecule has 0 amide bonds. The van der Waals surface area contributed by atoms with Crippen molar-refractivity contribution >= 4 is 0 Å². The molecule has 0 aromatic carbocycles. The van der Waals surface area contributed by atoms with Crippen LogP contribution in [0.25, 0.3) is 0 Å². The summed E-state index contributed by atoms with van der Waals surface area (Å²) in [6.45, 7) is 5.69. The van der Waals surface area contributed by atoms with Gasteiger partial charge in [0.25, 0.3) is 0 Å². The predicted molar refractivity (Wildman–Crippen MR) is 27.9 cm³/mol. The van der Waals surface area contributed by atoms with Gasteiger partial charge in [-0.15, -0.1) is 0 Å². The lowest BCUT2D eigenvalue weighted by Crippen LogP contribution is -2.11. The predicted octanol–water partition coefficient (Wildman–Crippen LogP) is 0.0304. The van der Waals surface area contributed by atoms with Crippen LogP contribution in [0.15, 0.2) is 0 Å². The Morgan fingerprint density at radius 3 is 2.29 bits per heavy atom. The van der Waals surface area contributed by atoms with Crippen LogP contribution in [0.2, 0.25) is 0 Å². The van der Waals surface area contributed by atoms with Crippen molar-refractivity contribution in [2.45, 2.75) is 19.6 Å². The first-order valence-corrected chi connectivity index (χ1v) is 2.64. The number of hydrogen-bond acceptors (Lipinski definition) is 2. The Hall–Kier alpha value is -0.0800. The molecule has 0 bridgehead atoms. The van der Waals surface area contributed by atoms with Gasteiger partial charge in [-0.1, -0.05) is 6.92 Å². The van der Waals surface area contributed by atoms with Gasteiger partial charge in [-0.2, -0.15) is 0 Å². The summed E-state index contributed by atoms with van der Waals surface area (Å²) in [5, 5.41) is 9.02. The monoisotopic (exact) mass is 101 g/mol. The number of nitrogens with zero attached hydrogens (tertiary/aromatic N) is 1. The smallest absolute Gasteiger partial charge is 0.128 e. The second-order valence-electron chi connectivity index (χ2n) is 2.23. The highest BCUT2D eigenvalue weighted by Gasteiger charge is 2.43. The number of likely N-dealkylation sites (N-methyl/N-ethyl adjacent to an activating group) is 1. The molecule has 0 aromatic rings. The van der Waals surface area contributed by atoms with Crippen molar-refractivity contribution in [1.29, 1.82) is 0 Å². The second kappa shape index (κ2) is 1.20. The third kappa shape index (κ3) is 0.763. The highest BCUT2D eigenvalue weighted by atomic mass is 16.3. The molecule has 0 radical (unpaired) electrons. The van der Waals surface area contributed by atoms with Crippen molar-refractivity contribution in [3.05, 3.63) is 0 Å². The standard InChI is InChI=1S/C5H11NO/c1-3-6-4-5(6,2)7/h7H,3-4H2,1-2H3. The first kappa shape index (κ1) is 5.06. The summed E-state index contributed by atoms with van der Waals surface area (Å²) in [6.07, 6.45) is 0. The van der Waals surface area contributed by atoms with Crippen LogP contribution < -0.4 is 0 Å². The molecule has 1 fully saturated rings. The second-order valence-corrected chi connectivity index (χ2v) is 2.23. The minimum absolute atomic E-state index is 0.450. The Morgan fingerprint density at radius 1 is 1.86 bits per heavy atom. The summed E-state index contributed by atoms with van der Waals surface area (Å²) >= 11 is 0. The lowest BCUT2D eigenvalue weighted by Gasteiger charge is -1.98. The van der Waals surface area contributed by atoms with Crippen LogP contribution in [-0.4, -0.2) is 28.8 Å². The third-order valence-corrected chi connectivity index (χ3v) is 1.45. The summed E-state index contributed by atoms with van der Waals surface area (Å²) in [5.41, 5.74) is -0.450. The maximum absolute atomic E-state index is 9.02. The van der Waals surface area contributed by atoms with E-state index in [4.69, 9.17) is 5.11 Å². The molecule has 2 unspecified atom stereocenters. The van der Waals surface area contributed by atoms with Gasteiger partial charge in [0.05, 0.1) is 0 Å². The van der Waals surface area contributed by atoms with E-state index in [2.05, 4.69) is 0 Å². The quantitative estimate of drug-likeness (QED) is 0.471. The molecule has 1 saturated heterocycles. The molecular formula is C5H11NO. The molecule has 1 aliphatic rings. The van der Waals surface area contributed by atoms with E-state index < -0.39 is 5.72 Å². The third-order valence-electron chi connectivity index (χ3n) is 1.45. The molecule has 1 aliphatic heterocycles. The summed E-state index contributed by atoms with van der Waals surface area (Å²) in [5.74, 6) is 0. The zero-order valence-corrected chi connectivity index (χ0v) is 4.81. The van der Waals surface area contributed by atoms with E-state index in [-0.39, 0.29) is 0 Å². The molecule has 1 N–H and O–H groups in total. The van der Waals surface area contributed by atoms with Crippen LogP contribution in [0.4, 0.5) is 0 Å². The van der Waals surface area contributed by atoms with Crippen LogP contribution in [0.5, 0.6) is 0 Å². The highest BCUT2D eigenvalue weighted by Crippen LogP contribution is 2.26. The van der Waals surface area contributed by atoms with Crippen molar-refractivity contribution in [3.8, 4) is 0 Å². The van der Waals surface area contributed by atoms with Gasteiger partial charge < -0.3 is 5.11 Å². The molecular weight excluding hydrogens is 90.1 g/mol. The Labute approximate surface area is 43.7 Å². The fraction of sp³-hybridized carbons (Fsp3) is 1.00. The minimum atomic E-state index is -0.450. The van der Waals surface area contributed by atoms with Crippen molar-refractivity contribution < 1.29 is 5.11 Å². The maximum Gasteiger partial charge on any atom is 0.128 e. The molecule has 2 atom stereocenters. The average Bonchev–Trinajstić information content (AvgIpc) is 2.13. The molecule has 2 nitrogen and oxygen atoms in total. The van der Waals surface area contributed by atoms with Gasteiger partial charge >= 0.3 is 0 Å². The Morgan fingerprint density at radius 2 is 2.29 bits per heavy atom. The first-order valence-electron chi connectivity index (χ1n) is 2.64. The highest BCUT2D eigenvalue weighted by molar-refractivity contribution is 4.91. The van der Waals surface area contributed by atoms with E-state index in [0.717, 1.165) is 13.1 Å². The fourth-order valence-corrected chi connectivity index (χ4v) is 0.779. The molecule has 1 rings (SSSR count). The van der Waals surface area contributed by atoms with E-state index in [0.29, 0.717) is 0 Å². The minimum Gasteiger partial charge on any atom is -0.375 e. The zero-order valence-electron chi connectivity index (χ0n) is 4.81. The van der Waals surface area contributed by atoms with Gasteiger partial charge in [0.1, 0.15) is 5.72 Å². The van der Waals surface area contributed by atoms with Gasteiger partial charge in [0.15, 0.2) is 0 Å². The van der Waals surface area contributed by atoms with Crippen molar-refractivity contribution in [1.82, 2.24) is 4.90 Å². The molecule has 0 saturated carbocycles. The number of hydrogen-bond donors (Lipinski definition) is 1. The Bertz CT molecular complexity index is 80.1. The lowest BCUT2D eigenvalue weighted by molar-refractivity contribution is 0.110. The summed E-state index contributed by atoms with van der Waals surface area (Å²) in [7, 11) is 0. The van der Waals surface area contributed by atoms with E-state index in [1.807, 2.05) is 18.7 Å². The number of β-amino-alcohol motifs (C(OH)–C–C–N with tert-alkyl or cyclic N) is 1. The molecule has 7 heavy (non-hydrogen) atoms. The van der Waals surface area contributed by atoms with Crippen molar-refractivity contribution in [2.24, 2.45) is 0 Å². The van der Waals surface area contributed by atoms with Gasteiger partial charge in [0.2, 0.25) is 0 Å². The SMILES string of the molecule is CCN1CC1(C)O. The van der Waals surface area contributed by atoms with Crippen LogP contribution in [0.1, 0.15) is 13.8 Å². The van der Waals surface area contributed by atoms with E-state index in [1.165, 1.54) is 0 Å². The van der Waals surface area contributed by atoms with Gasteiger partial charge in [0, 0.05) is 6.54 Å². The molecule has 2 heteroatoms. The molecule has 0 aromatic heterocycles. The van der Waals surface area contributed by atoms with Crippen molar-refractivity contribution in [3.63, 3.8) is 0 Å². The zero-order chi connectivity index (χ0) is 5.49. The van der Waals surface area contributed by atoms with Gasteiger partial charge in [-0.05, 0) is 13.5 Å². The molecule has 0 aliphatic carbocycles. The van der Waals surface area contributed by atoms with Gasteiger partial charge in [-0.25, -0.2) is 0 Å². The number of rotatable bonds is 1. The van der Waals surface area contributed by atoms with Crippen LogP contribution in [0, 0.1) is 0 Å². The lowest BCUT2D eigenvalue weighted by atomic mass is 10.5. The maximum atomic E-state index is 9.02. The van der Waals surface area contributed by atoms with E-state index in [1.54, 1.807) is 0 Å². The Balaban J connectivity index is 2.30. The molecule has 42 valence electrons. The van der Waals surface area contributed by atoms with Crippen LogP contribution in [0.3, 0.4) is 0 Å². The van der Waals surface area contributed by atoms with Crippen molar-refractivity contribution in [2.75, 3.05) is 13.1 Å². The van der Waals surface area contributed by atoms with Crippen LogP contribution >= 0.6 is 0 Å². The van der Waals surface area contributed by atoms with E-state index in [9.17, 15) is 0 Å². The topological polar surface area (TPSA) is 23.2 Å². The Kier molecular flexibility index (Phi) is 0.869. The summed E-state index contributed by atoms with van der Waals surface area (Å²) in [4.78, 5) is 1.99. The molecule has 0 spiro atoms. The normalized spacial score (nSPS) is 49.3. The number of aliphatic hydroxyl groups is 1. The fourth-order valence-electron chi connectivity index (χ4n) is 0.779. The van der Waals surface area contributed by atoms with E-state index >= 15 is 0 Å².